The summed E-state index contributed by atoms with van der Waals surface area (Å²) >= 11 is 0. The predicted molar refractivity (Wildman–Crippen MR) is 77.2 cm³/mol. The minimum absolute atomic E-state index is 0.779. The van der Waals surface area contributed by atoms with Crippen molar-refractivity contribution >= 4 is 0 Å². The van der Waals surface area contributed by atoms with Crippen LogP contribution in [0.2, 0.25) is 0 Å². The van der Waals surface area contributed by atoms with E-state index in [1.807, 2.05) is 0 Å². The molecule has 0 heterocycles. The lowest BCUT2D eigenvalue weighted by Crippen LogP contribution is -1.97. The summed E-state index contributed by atoms with van der Waals surface area (Å²) in [5, 5.41) is 0. The Labute approximate surface area is 107 Å². The molecule has 0 fully saturated rings. The molecule has 1 aromatic rings. The molecule has 0 nitrogen and oxygen atoms in total. The van der Waals surface area contributed by atoms with Crippen LogP contribution in [0.3, 0.4) is 0 Å². The molecule has 0 amide bonds. The minimum atomic E-state index is 0.779. The van der Waals surface area contributed by atoms with E-state index in [4.69, 9.17) is 0 Å². The summed E-state index contributed by atoms with van der Waals surface area (Å²) in [5.74, 6) is 0.779. The second-order valence-corrected chi connectivity index (χ2v) is 5.39. The molecule has 17 heavy (non-hydrogen) atoms. The smallest absolute Gasteiger partial charge is 0.0276 e. The van der Waals surface area contributed by atoms with Crippen molar-refractivity contribution in [2.45, 2.75) is 59.8 Å². The highest BCUT2D eigenvalue weighted by atomic mass is 14.1. The van der Waals surface area contributed by atoms with Gasteiger partial charge < -0.3 is 0 Å². The number of aryl methyl sites for hydroxylation is 3. The van der Waals surface area contributed by atoms with Gasteiger partial charge in [-0.05, 0) is 44.6 Å². The summed E-state index contributed by atoms with van der Waals surface area (Å²) < 4.78 is 0. The third-order valence-electron chi connectivity index (χ3n) is 3.30. The molecular weight excluding hydrogens is 204 g/mol. The van der Waals surface area contributed by atoms with Gasteiger partial charge in [-0.3, -0.25) is 0 Å². The Morgan fingerprint density at radius 2 is 1.76 bits per heavy atom. The van der Waals surface area contributed by atoms with E-state index in [-0.39, 0.29) is 0 Å². The first-order valence-electron chi connectivity index (χ1n) is 7.02. The van der Waals surface area contributed by atoms with E-state index < -0.39 is 0 Å². The Hall–Kier alpha value is -0.780. The van der Waals surface area contributed by atoms with Gasteiger partial charge in [-0.1, -0.05) is 62.4 Å². The van der Waals surface area contributed by atoms with Gasteiger partial charge >= 0.3 is 0 Å². The Balaban J connectivity index is 2.30. The molecule has 0 aliphatic carbocycles. The summed E-state index contributed by atoms with van der Waals surface area (Å²) in [4.78, 5) is 0. The largest absolute Gasteiger partial charge is 0.0654 e. The number of benzene rings is 1. The molecule has 1 aromatic carbocycles. The fraction of sp³-hybridized carbons (Fsp3) is 0.588. The summed E-state index contributed by atoms with van der Waals surface area (Å²) in [6.07, 6.45) is 8.93. The Kier molecular flexibility index (Phi) is 6.32. The summed E-state index contributed by atoms with van der Waals surface area (Å²) in [6.45, 7) is 8.98. The first kappa shape index (κ1) is 14.3. The van der Waals surface area contributed by atoms with Gasteiger partial charge in [0.05, 0.1) is 0 Å². The second kappa shape index (κ2) is 7.53. The topological polar surface area (TPSA) is 0 Å². The molecule has 0 bridgehead atoms. The number of hydrogen-bond donors (Lipinski definition) is 0. The van der Waals surface area contributed by atoms with Crippen molar-refractivity contribution in [3.63, 3.8) is 0 Å². The molecule has 0 aliphatic rings. The summed E-state index contributed by atoms with van der Waals surface area (Å²) in [5.41, 5.74) is 4.26. The summed E-state index contributed by atoms with van der Waals surface area (Å²) in [7, 11) is 0. The highest BCUT2D eigenvalue weighted by molar-refractivity contribution is 5.28. The lowest BCUT2D eigenvalue weighted by Gasteiger charge is -2.10. The normalized spacial score (nSPS) is 12.7. The van der Waals surface area contributed by atoms with Gasteiger partial charge in [0.1, 0.15) is 0 Å². The van der Waals surface area contributed by atoms with Gasteiger partial charge in [-0.15, -0.1) is 0 Å². The molecule has 0 N–H and O–H groups in total. The van der Waals surface area contributed by atoms with Crippen LogP contribution in [-0.2, 0) is 6.42 Å². The Morgan fingerprint density at radius 3 is 2.35 bits per heavy atom. The predicted octanol–water partition coefficient (Wildman–Crippen LogP) is 5.27. The van der Waals surface area contributed by atoms with Gasteiger partial charge in [0, 0.05) is 0 Å². The van der Waals surface area contributed by atoms with Crippen LogP contribution in [0.1, 0.15) is 56.2 Å². The van der Waals surface area contributed by atoms with Crippen LogP contribution in [0.5, 0.6) is 0 Å². The van der Waals surface area contributed by atoms with Gasteiger partial charge in [-0.2, -0.15) is 0 Å². The van der Waals surface area contributed by atoms with Crippen LogP contribution >= 0.6 is 0 Å². The van der Waals surface area contributed by atoms with Gasteiger partial charge in [0.15, 0.2) is 0 Å². The lowest BCUT2D eigenvalue weighted by atomic mass is 9.95. The van der Waals surface area contributed by atoms with Gasteiger partial charge in [-0.25, -0.2) is 0 Å². The zero-order valence-corrected chi connectivity index (χ0v) is 11.9. The average Bonchev–Trinajstić information content (AvgIpc) is 2.25. The first-order chi connectivity index (χ1) is 8.11. The highest BCUT2D eigenvalue weighted by Gasteiger charge is 2.02. The van der Waals surface area contributed by atoms with Crippen molar-refractivity contribution in [2.75, 3.05) is 0 Å². The van der Waals surface area contributed by atoms with Crippen molar-refractivity contribution in [2.24, 2.45) is 5.92 Å². The number of hydrogen-bond acceptors (Lipinski definition) is 0. The molecule has 0 spiro atoms. The molecular formula is C17H27. The Bertz CT molecular complexity index is 305. The monoisotopic (exact) mass is 231 g/mol. The van der Waals surface area contributed by atoms with Crippen LogP contribution < -0.4 is 0 Å². The van der Waals surface area contributed by atoms with E-state index in [9.17, 15) is 0 Å². The second-order valence-electron chi connectivity index (χ2n) is 5.39. The first-order valence-corrected chi connectivity index (χ1v) is 7.02. The van der Waals surface area contributed by atoms with E-state index in [2.05, 4.69) is 52.3 Å². The van der Waals surface area contributed by atoms with Crippen molar-refractivity contribution in [3.8, 4) is 0 Å². The van der Waals surface area contributed by atoms with E-state index in [0.717, 1.165) is 5.92 Å². The maximum absolute atomic E-state index is 2.49. The molecule has 0 saturated carbocycles. The third-order valence-corrected chi connectivity index (χ3v) is 3.30. The molecule has 0 aromatic heterocycles. The SMILES string of the molecule is CCCCC(C)[CH]CCc1cc(C)cc(C)c1. The van der Waals surface area contributed by atoms with Crippen LogP contribution in [0.4, 0.5) is 0 Å². The fourth-order valence-corrected chi connectivity index (χ4v) is 2.39. The molecule has 1 atom stereocenters. The van der Waals surface area contributed by atoms with E-state index in [0.29, 0.717) is 0 Å². The molecule has 1 rings (SSSR count). The molecule has 0 saturated heterocycles. The third kappa shape index (κ3) is 5.91. The number of rotatable bonds is 7. The fourth-order valence-electron chi connectivity index (χ4n) is 2.39. The van der Waals surface area contributed by atoms with Gasteiger partial charge in [0.2, 0.25) is 0 Å². The quantitative estimate of drug-likeness (QED) is 0.600. The average molecular weight is 231 g/mol. The minimum Gasteiger partial charge on any atom is -0.0654 e. The lowest BCUT2D eigenvalue weighted by molar-refractivity contribution is 0.547. The van der Waals surface area contributed by atoms with Crippen molar-refractivity contribution < 1.29 is 0 Å². The Morgan fingerprint density at radius 1 is 1.12 bits per heavy atom. The van der Waals surface area contributed by atoms with Crippen LogP contribution in [-0.4, -0.2) is 0 Å². The van der Waals surface area contributed by atoms with E-state index in [1.165, 1.54) is 48.8 Å². The zero-order chi connectivity index (χ0) is 12.7. The molecule has 0 heteroatoms. The highest BCUT2D eigenvalue weighted by Crippen LogP contribution is 2.16. The number of unbranched alkanes of at least 4 members (excludes halogenated alkanes) is 1. The van der Waals surface area contributed by atoms with Crippen molar-refractivity contribution in [1.29, 1.82) is 0 Å². The zero-order valence-electron chi connectivity index (χ0n) is 11.9. The van der Waals surface area contributed by atoms with E-state index in [1.54, 1.807) is 0 Å². The molecule has 0 aliphatic heterocycles. The van der Waals surface area contributed by atoms with Crippen molar-refractivity contribution in [3.05, 3.63) is 41.3 Å². The van der Waals surface area contributed by atoms with Gasteiger partial charge in [0.25, 0.3) is 0 Å². The van der Waals surface area contributed by atoms with Crippen molar-refractivity contribution in [1.82, 2.24) is 0 Å². The van der Waals surface area contributed by atoms with Crippen LogP contribution in [0, 0.1) is 26.2 Å². The van der Waals surface area contributed by atoms with Crippen LogP contribution in [0.25, 0.3) is 0 Å². The molecule has 1 radical (unpaired) electrons. The molecule has 95 valence electrons. The standard InChI is InChI=1S/C17H27/c1-5-6-8-14(2)9-7-10-17-12-15(3)11-16(4)13-17/h9,11-14H,5-8,10H2,1-4H3. The maximum Gasteiger partial charge on any atom is -0.0276 e. The maximum atomic E-state index is 2.49. The summed E-state index contributed by atoms with van der Waals surface area (Å²) in [6, 6.07) is 6.88. The van der Waals surface area contributed by atoms with Crippen LogP contribution in [0.15, 0.2) is 18.2 Å². The molecule has 1 unspecified atom stereocenters. The van der Waals surface area contributed by atoms with E-state index >= 15 is 0 Å².